The third kappa shape index (κ3) is 3.16. The zero-order valence-electron chi connectivity index (χ0n) is 10.6. The first kappa shape index (κ1) is 12.8. The van der Waals surface area contributed by atoms with Crippen molar-refractivity contribution in [3.63, 3.8) is 0 Å². The number of thiazole rings is 1. The van der Waals surface area contributed by atoms with Gasteiger partial charge in [0.15, 0.2) is 0 Å². The number of nitrogen functional groups attached to an aromatic ring is 1. The van der Waals surface area contributed by atoms with Crippen LogP contribution in [-0.4, -0.2) is 21.5 Å². The van der Waals surface area contributed by atoms with E-state index in [1.807, 2.05) is 18.5 Å². The Balaban J connectivity index is 1.99. The van der Waals surface area contributed by atoms with Crippen LogP contribution in [0, 0.1) is 0 Å². The molecule has 96 valence electrons. The molecular weight excluding hydrogens is 246 g/mol. The second kappa shape index (κ2) is 5.77. The number of hydrogen-bond acceptors (Lipinski definition) is 6. The number of nitrogens with two attached hydrogens (primary N) is 1. The summed E-state index contributed by atoms with van der Waals surface area (Å²) in [7, 11) is 0. The standard InChI is InChI=1S/C12H17N5S/c1-3-10-16-9(13)6-11(17-10)15-7-8(2)12-14-4-5-18-12/h4-6,8H,3,7H2,1-2H3,(H3,13,15,16,17). The first-order chi connectivity index (χ1) is 8.69. The van der Waals surface area contributed by atoms with Crippen molar-refractivity contribution in [2.24, 2.45) is 0 Å². The Morgan fingerprint density at radius 2 is 2.28 bits per heavy atom. The van der Waals surface area contributed by atoms with Crippen molar-refractivity contribution in [2.45, 2.75) is 26.2 Å². The highest BCUT2D eigenvalue weighted by Gasteiger charge is 2.08. The number of hydrogen-bond donors (Lipinski definition) is 2. The quantitative estimate of drug-likeness (QED) is 0.865. The van der Waals surface area contributed by atoms with Crippen molar-refractivity contribution >= 4 is 23.0 Å². The van der Waals surface area contributed by atoms with Gasteiger partial charge < -0.3 is 11.1 Å². The van der Waals surface area contributed by atoms with Gasteiger partial charge in [0.05, 0.1) is 5.01 Å². The van der Waals surface area contributed by atoms with Gasteiger partial charge >= 0.3 is 0 Å². The molecule has 5 nitrogen and oxygen atoms in total. The maximum atomic E-state index is 5.73. The first-order valence-electron chi connectivity index (χ1n) is 5.95. The van der Waals surface area contributed by atoms with E-state index in [2.05, 4.69) is 27.2 Å². The Morgan fingerprint density at radius 1 is 1.44 bits per heavy atom. The molecule has 0 fully saturated rings. The molecule has 2 aromatic heterocycles. The molecule has 2 heterocycles. The molecule has 2 rings (SSSR count). The van der Waals surface area contributed by atoms with Gasteiger partial charge in [-0.3, -0.25) is 0 Å². The van der Waals surface area contributed by atoms with Crippen molar-refractivity contribution in [1.82, 2.24) is 15.0 Å². The third-order valence-electron chi connectivity index (χ3n) is 2.57. The van der Waals surface area contributed by atoms with Gasteiger partial charge in [0.25, 0.3) is 0 Å². The van der Waals surface area contributed by atoms with E-state index in [9.17, 15) is 0 Å². The van der Waals surface area contributed by atoms with Gasteiger partial charge in [0, 0.05) is 36.5 Å². The lowest BCUT2D eigenvalue weighted by molar-refractivity contribution is 0.789. The van der Waals surface area contributed by atoms with Crippen LogP contribution in [0.1, 0.15) is 30.6 Å². The van der Waals surface area contributed by atoms with Crippen LogP contribution in [0.25, 0.3) is 0 Å². The topological polar surface area (TPSA) is 76.7 Å². The lowest BCUT2D eigenvalue weighted by Crippen LogP contribution is -2.12. The third-order valence-corrected chi connectivity index (χ3v) is 3.58. The monoisotopic (exact) mass is 263 g/mol. The largest absolute Gasteiger partial charge is 0.384 e. The summed E-state index contributed by atoms with van der Waals surface area (Å²) in [5.74, 6) is 2.40. The van der Waals surface area contributed by atoms with Crippen molar-refractivity contribution in [1.29, 1.82) is 0 Å². The molecule has 0 aliphatic rings. The van der Waals surface area contributed by atoms with Gasteiger partial charge in [0.1, 0.15) is 17.5 Å². The van der Waals surface area contributed by atoms with E-state index in [-0.39, 0.29) is 0 Å². The minimum atomic E-state index is 0.353. The minimum Gasteiger partial charge on any atom is -0.384 e. The molecule has 0 aromatic carbocycles. The highest BCUT2D eigenvalue weighted by atomic mass is 32.1. The van der Waals surface area contributed by atoms with E-state index in [4.69, 9.17) is 5.73 Å². The molecule has 0 spiro atoms. The molecule has 2 aromatic rings. The van der Waals surface area contributed by atoms with E-state index in [1.54, 1.807) is 17.4 Å². The Kier molecular flexibility index (Phi) is 4.09. The Bertz CT molecular complexity index is 497. The van der Waals surface area contributed by atoms with Gasteiger partial charge in [-0.05, 0) is 0 Å². The number of nitrogens with zero attached hydrogens (tertiary/aromatic N) is 3. The van der Waals surface area contributed by atoms with Gasteiger partial charge in [0.2, 0.25) is 0 Å². The molecule has 0 saturated heterocycles. The maximum Gasteiger partial charge on any atom is 0.132 e. The number of aryl methyl sites for hydroxylation is 1. The molecule has 18 heavy (non-hydrogen) atoms. The average Bonchev–Trinajstić information content (AvgIpc) is 2.89. The van der Waals surface area contributed by atoms with E-state index < -0.39 is 0 Å². The summed E-state index contributed by atoms with van der Waals surface area (Å²) in [5.41, 5.74) is 5.73. The van der Waals surface area contributed by atoms with Crippen LogP contribution in [0.5, 0.6) is 0 Å². The fraction of sp³-hybridized carbons (Fsp3) is 0.417. The fourth-order valence-corrected chi connectivity index (χ4v) is 2.29. The number of aromatic nitrogens is 3. The molecule has 1 atom stereocenters. The summed E-state index contributed by atoms with van der Waals surface area (Å²) >= 11 is 1.67. The zero-order chi connectivity index (χ0) is 13.0. The van der Waals surface area contributed by atoms with Crippen molar-refractivity contribution in [3.05, 3.63) is 28.5 Å². The molecule has 0 saturated carbocycles. The Labute approximate surface area is 111 Å². The van der Waals surface area contributed by atoms with Gasteiger partial charge in [-0.25, -0.2) is 15.0 Å². The molecule has 0 amide bonds. The van der Waals surface area contributed by atoms with Crippen molar-refractivity contribution in [3.8, 4) is 0 Å². The van der Waals surface area contributed by atoms with E-state index in [1.165, 1.54) is 0 Å². The molecule has 0 aliphatic heterocycles. The van der Waals surface area contributed by atoms with Crippen LogP contribution < -0.4 is 11.1 Å². The number of rotatable bonds is 5. The van der Waals surface area contributed by atoms with Crippen LogP contribution >= 0.6 is 11.3 Å². The van der Waals surface area contributed by atoms with Crippen LogP contribution in [-0.2, 0) is 6.42 Å². The lowest BCUT2D eigenvalue weighted by atomic mass is 10.2. The normalized spacial score (nSPS) is 12.3. The SMILES string of the molecule is CCc1nc(N)cc(NCC(C)c2nccs2)n1. The average molecular weight is 263 g/mol. The number of nitrogens with one attached hydrogen (secondary N) is 1. The fourth-order valence-electron chi connectivity index (χ4n) is 1.59. The van der Waals surface area contributed by atoms with Crippen LogP contribution in [0.4, 0.5) is 11.6 Å². The number of anilines is 2. The summed E-state index contributed by atoms with van der Waals surface area (Å²) in [6, 6.07) is 1.76. The zero-order valence-corrected chi connectivity index (χ0v) is 11.4. The molecule has 0 bridgehead atoms. The van der Waals surface area contributed by atoms with Gasteiger partial charge in [-0.15, -0.1) is 11.3 Å². The smallest absolute Gasteiger partial charge is 0.132 e. The van der Waals surface area contributed by atoms with Gasteiger partial charge in [-0.1, -0.05) is 13.8 Å². The Hall–Kier alpha value is -1.69. The predicted molar refractivity (Wildman–Crippen MR) is 74.8 cm³/mol. The summed E-state index contributed by atoms with van der Waals surface area (Å²) in [6.07, 6.45) is 2.61. The van der Waals surface area contributed by atoms with Crippen molar-refractivity contribution in [2.75, 3.05) is 17.6 Å². The lowest BCUT2D eigenvalue weighted by Gasteiger charge is -2.11. The Morgan fingerprint density at radius 3 is 2.94 bits per heavy atom. The maximum absolute atomic E-state index is 5.73. The molecule has 0 radical (unpaired) electrons. The van der Waals surface area contributed by atoms with Crippen LogP contribution in [0.3, 0.4) is 0 Å². The van der Waals surface area contributed by atoms with Crippen LogP contribution in [0.15, 0.2) is 17.6 Å². The van der Waals surface area contributed by atoms with Crippen molar-refractivity contribution < 1.29 is 0 Å². The van der Waals surface area contributed by atoms with Crippen LogP contribution in [0.2, 0.25) is 0 Å². The summed E-state index contributed by atoms with van der Waals surface area (Å²) < 4.78 is 0. The van der Waals surface area contributed by atoms with E-state index in [0.29, 0.717) is 11.7 Å². The molecule has 3 N–H and O–H groups in total. The second-order valence-corrected chi connectivity index (χ2v) is 5.03. The van der Waals surface area contributed by atoms with E-state index in [0.717, 1.165) is 29.6 Å². The van der Waals surface area contributed by atoms with Gasteiger partial charge in [-0.2, -0.15) is 0 Å². The predicted octanol–water partition coefficient (Wildman–Crippen LogP) is 2.29. The summed E-state index contributed by atoms with van der Waals surface area (Å²) in [4.78, 5) is 12.8. The van der Waals surface area contributed by atoms with E-state index >= 15 is 0 Å². The summed E-state index contributed by atoms with van der Waals surface area (Å²) in [5, 5.41) is 6.40. The minimum absolute atomic E-state index is 0.353. The second-order valence-electron chi connectivity index (χ2n) is 4.10. The molecule has 0 aliphatic carbocycles. The summed E-state index contributed by atoms with van der Waals surface area (Å²) in [6.45, 7) is 4.93. The highest BCUT2D eigenvalue weighted by molar-refractivity contribution is 7.09. The molecule has 6 heteroatoms. The highest BCUT2D eigenvalue weighted by Crippen LogP contribution is 2.18. The first-order valence-corrected chi connectivity index (χ1v) is 6.83. The molecule has 1 unspecified atom stereocenters. The molecular formula is C12H17N5S.